The molecule has 1 rings (SSSR count). The molecule has 0 aromatic rings. The van der Waals surface area contributed by atoms with E-state index in [9.17, 15) is 9.59 Å². The lowest BCUT2D eigenvalue weighted by atomic mass is 9.99. The minimum Gasteiger partial charge on any atom is -0.481 e. The normalized spacial score (nSPS) is 24.8. The Morgan fingerprint density at radius 1 is 1.41 bits per heavy atom. The van der Waals surface area contributed by atoms with E-state index in [0.717, 1.165) is 12.8 Å². The molecule has 5 nitrogen and oxygen atoms in total. The molecule has 2 atom stereocenters. The maximum atomic E-state index is 11.6. The number of amides is 1. The number of carbonyl (C=O) groups is 2. The van der Waals surface area contributed by atoms with Crippen molar-refractivity contribution in [1.82, 2.24) is 10.2 Å². The van der Waals surface area contributed by atoms with Crippen LogP contribution in [0.25, 0.3) is 0 Å². The van der Waals surface area contributed by atoms with E-state index in [2.05, 4.69) is 12.2 Å². The highest BCUT2D eigenvalue weighted by atomic mass is 16.4. The highest BCUT2D eigenvalue weighted by Gasteiger charge is 2.35. The fourth-order valence-corrected chi connectivity index (χ4v) is 2.18. The molecule has 98 valence electrons. The van der Waals surface area contributed by atoms with E-state index in [1.54, 1.807) is 0 Å². The summed E-state index contributed by atoms with van der Waals surface area (Å²) in [6.45, 7) is 6.20. The minimum atomic E-state index is -0.758. The smallest absolute Gasteiger partial charge is 0.308 e. The molecule has 1 saturated heterocycles. The second-order valence-corrected chi connectivity index (χ2v) is 4.82. The summed E-state index contributed by atoms with van der Waals surface area (Å²) in [5.74, 6) is -0.975. The predicted octanol–water partition coefficient (Wildman–Crippen LogP) is 0.555. The first-order valence-electron chi connectivity index (χ1n) is 6.26. The maximum Gasteiger partial charge on any atom is 0.308 e. The zero-order valence-corrected chi connectivity index (χ0v) is 10.6. The van der Waals surface area contributed by atoms with E-state index in [1.165, 1.54) is 0 Å². The van der Waals surface area contributed by atoms with Crippen molar-refractivity contribution in [3.05, 3.63) is 0 Å². The molecule has 0 radical (unpaired) electrons. The van der Waals surface area contributed by atoms with E-state index in [-0.39, 0.29) is 17.7 Å². The van der Waals surface area contributed by atoms with Gasteiger partial charge >= 0.3 is 5.97 Å². The van der Waals surface area contributed by atoms with E-state index in [1.807, 2.05) is 11.8 Å². The van der Waals surface area contributed by atoms with Gasteiger partial charge in [-0.25, -0.2) is 0 Å². The molecule has 1 aliphatic heterocycles. The van der Waals surface area contributed by atoms with Crippen LogP contribution in [0.5, 0.6) is 0 Å². The lowest BCUT2D eigenvalue weighted by molar-refractivity contribution is -0.142. The third kappa shape index (κ3) is 4.34. The van der Waals surface area contributed by atoms with Gasteiger partial charge in [-0.1, -0.05) is 20.3 Å². The molecule has 0 unspecified atom stereocenters. The summed E-state index contributed by atoms with van der Waals surface area (Å²) in [5, 5.41) is 11.8. The largest absolute Gasteiger partial charge is 0.481 e. The van der Waals surface area contributed by atoms with Gasteiger partial charge in [0.15, 0.2) is 0 Å². The van der Waals surface area contributed by atoms with Gasteiger partial charge in [0, 0.05) is 19.6 Å². The molecule has 1 aliphatic rings. The van der Waals surface area contributed by atoms with Crippen LogP contribution >= 0.6 is 0 Å². The Hall–Kier alpha value is -1.10. The highest BCUT2D eigenvalue weighted by molar-refractivity contribution is 5.78. The van der Waals surface area contributed by atoms with Gasteiger partial charge in [0.25, 0.3) is 0 Å². The number of rotatable bonds is 6. The van der Waals surface area contributed by atoms with Crippen LogP contribution < -0.4 is 5.32 Å². The van der Waals surface area contributed by atoms with Gasteiger partial charge in [0.1, 0.15) is 0 Å². The number of nitrogens with one attached hydrogen (secondary N) is 1. The molecule has 1 heterocycles. The quantitative estimate of drug-likeness (QED) is 0.668. The number of nitrogens with zero attached hydrogens (tertiary/aromatic N) is 1. The zero-order chi connectivity index (χ0) is 12.8. The summed E-state index contributed by atoms with van der Waals surface area (Å²) < 4.78 is 0. The summed E-state index contributed by atoms with van der Waals surface area (Å²) in [6, 6.07) is 0. The second kappa shape index (κ2) is 6.59. The predicted molar refractivity (Wildman–Crippen MR) is 64.6 cm³/mol. The third-order valence-corrected chi connectivity index (χ3v) is 3.22. The van der Waals surface area contributed by atoms with Crippen LogP contribution in [0, 0.1) is 11.8 Å². The summed E-state index contributed by atoms with van der Waals surface area (Å²) in [4.78, 5) is 24.4. The van der Waals surface area contributed by atoms with Gasteiger partial charge in [-0.2, -0.15) is 0 Å². The Morgan fingerprint density at radius 2 is 2.12 bits per heavy atom. The van der Waals surface area contributed by atoms with Crippen molar-refractivity contribution in [2.75, 3.05) is 26.2 Å². The second-order valence-electron chi connectivity index (χ2n) is 4.82. The number of carboxylic acid groups (broad SMARTS) is 1. The number of unbranched alkanes of at least 4 members (excludes halogenated alkanes) is 1. The average Bonchev–Trinajstić information content (AvgIpc) is 2.60. The van der Waals surface area contributed by atoms with E-state index >= 15 is 0 Å². The summed E-state index contributed by atoms with van der Waals surface area (Å²) in [7, 11) is 0. The van der Waals surface area contributed by atoms with Gasteiger partial charge in [0.2, 0.25) is 5.91 Å². The van der Waals surface area contributed by atoms with Crippen LogP contribution in [-0.2, 0) is 9.59 Å². The Kier molecular flexibility index (Phi) is 5.41. The average molecular weight is 242 g/mol. The van der Waals surface area contributed by atoms with Crippen molar-refractivity contribution in [1.29, 1.82) is 0 Å². The summed E-state index contributed by atoms with van der Waals surface area (Å²) in [6.07, 6.45) is 2.04. The van der Waals surface area contributed by atoms with Crippen LogP contribution in [0.15, 0.2) is 0 Å². The van der Waals surface area contributed by atoms with E-state index in [4.69, 9.17) is 5.11 Å². The Labute approximate surface area is 102 Å². The lowest BCUT2D eigenvalue weighted by Crippen LogP contribution is -2.36. The number of hydrogen-bond acceptors (Lipinski definition) is 3. The zero-order valence-electron chi connectivity index (χ0n) is 10.6. The fourth-order valence-electron chi connectivity index (χ4n) is 2.18. The molecule has 1 fully saturated rings. The van der Waals surface area contributed by atoms with Crippen molar-refractivity contribution < 1.29 is 14.7 Å². The third-order valence-electron chi connectivity index (χ3n) is 3.22. The number of carbonyl (C=O) groups excluding carboxylic acids is 1. The maximum absolute atomic E-state index is 11.6. The monoisotopic (exact) mass is 242 g/mol. The summed E-state index contributed by atoms with van der Waals surface area (Å²) in [5.41, 5.74) is 0. The number of likely N-dealkylation sites (tertiary alicyclic amines) is 1. The number of hydrogen-bond donors (Lipinski definition) is 2. The van der Waals surface area contributed by atoms with Crippen LogP contribution in [0.1, 0.15) is 26.7 Å². The van der Waals surface area contributed by atoms with Crippen LogP contribution in [0.4, 0.5) is 0 Å². The van der Waals surface area contributed by atoms with Crippen LogP contribution in [0.3, 0.4) is 0 Å². The lowest BCUT2D eigenvalue weighted by Gasteiger charge is -2.14. The highest BCUT2D eigenvalue weighted by Crippen LogP contribution is 2.22. The van der Waals surface area contributed by atoms with Gasteiger partial charge in [-0.05, 0) is 12.3 Å². The van der Waals surface area contributed by atoms with Crippen LogP contribution in [-0.4, -0.2) is 48.1 Å². The SMILES string of the molecule is CCCCNC(=O)CN1C[C@@H](C)[C@H](C(=O)O)C1. The van der Waals surface area contributed by atoms with Gasteiger partial charge in [-0.15, -0.1) is 0 Å². The molecule has 1 amide bonds. The van der Waals surface area contributed by atoms with E-state index in [0.29, 0.717) is 26.2 Å². The van der Waals surface area contributed by atoms with E-state index < -0.39 is 5.97 Å². The fraction of sp³-hybridized carbons (Fsp3) is 0.833. The van der Waals surface area contributed by atoms with Crippen molar-refractivity contribution >= 4 is 11.9 Å². The van der Waals surface area contributed by atoms with Crippen molar-refractivity contribution in [3.63, 3.8) is 0 Å². The Bertz CT molecular complexity index is 281. The first-order valence-corrected chi connectivity index (χ1v) is 6.26. The topological polar surface area (TPSA) is 69.6 Å². The molecular weight excluding hydrogens is 220 g/mol. The van der Waals surface area contributed by atoms with Crippen LogP contribution in [0.2, 0.25) is 0 Å². The number of carboxylic acids is 1. The number of aliphatic carboxylic acids is 1. The van der Waals surface area contributed by atoms with Gasteiger partial charge < -0.3 is 10.4 Å². The molecular formula is C12H22N2O3. The molecule has 0 aliphatic carbocycles. The Balaban J connectivity index is 2.29. The van der Waals surface area contributed by atoms with Crippen molar-refractivity contribution in [2.24, 2.45) is 11.8 Å². The van der Waals surface area contributed by atoms with Crippen molar-refractivity contribution in [2.45, 2.75) is 26.7 Å². The van der Waals surface area contributed by atoms with Gasteiger partial charge in [0.05, 0.1) is 12.5 Å². The molecule has 0 bridgehead atoms. The molecule has 0 aromatic carbocycles. The standard InChI is InChI=1S/C12H22N2O3/c1-3-4-5-13-11(15)8-14-6-9(2)10(7-14)12(16)17/h9-10H,3-8H2,1-2H3,(H,13,15)(H,16,17)/t9-,10-/m1/s1. The molecule has 17 heavy (non-hydrogen) atoms. The first-order chi connectivity index (χ1) is 8.04. The summed E-state index contributed by atoms with van der Waals surface area (Å²) >= 11 is 0. The van der Waals surface area contributed by atoms with Crippen molar-refractivity contribution in [3.8, 4) is 0 Å². The minimum absolute atomic E-state index is 0.00307. The molecule has 0 spiro atoms. The Morgan fingerprint density at radius 3 is 2.65 bits per heavy atom. The molecule has 0 aromatic heterocycles. The molecule has 0 saturated carbocycles. The first kappa shape index (κ1) is 14.0. The molecule has 5 heteroatoms. The van der Waals surface area contributed by atoms with Gasteiger partial charge in [-0.3, -0.25) is 14.5 Å². The molecule has 2 N–H and O–H groups in total.